The van der Waals surface area contributed by atoms with E-state index in [2.05, 4.69) is 15.0 Å². The molecule has 136 valence electrons. The van der Waals surface area contributed by atoms with E-state index < -0.39 is 6.10 Å². The maximum Gasteiger partial charge on any atom is 0.252 e. The highest BCUT2D eigenvalue weighted by atomic mass is 16.5. The van der Waals surface area contributed by atoms with Gasteiger partial charge in [0.25, 0.3) is 5.89 Å². The van der Waals surface area contributed by atoms with Crippen LogP contribution in [0.15, 0.2) is 28.8 Å². The first-order chi connectivity index (χ1) is 12.2. The fourth-order valence-electron chi connectivity index (χ4n) is 2.59. The van der Waals surface area contributed by atoms with E-state index in [0.29, 0.717) is 31.5 Å². The van der Waals surface area contributed by atoms with Crippen LogP contribution in [-0.4, -0.2) is 72.8 Å². The summed E-state index contributed by atoms with van der Waals surface area (Å²) in [6.45, 7) is 4.07. The van der Waals surface area contributed by atoms with Crippen LogP contribution in [0.3, 0.4) is 0 Å². The van der Waals surface area contributed by atoms with Crippen molar-refractivity contribution in [2.75, 3.05) is 46.6 Å². The first kappa shape index (κ1) is 17.8. The molecule has 8 heteroatoms. The molecule has 1 aliphatic rings. The second-order valence-electron chi connectivity index (χ2n) is 5.82. The summed E-state index contributed by atoms with van der Waals surface area (Å²) in [4.78, 5) is 6.46. The summed E-state index contributed by atoms with van der Waals surface area (Å²) in [7, 11) is 1.62. The molecule has 2 heterocycles. The number of aliphatic hydroxyl groups is 1. The molecule has 1 fully saturated rings. The van der Waals surface area contributed by atoms with Gasteiger partial charge in [-0.3, -0.25) is 4.90 Å². The average Bonchev–Trinajstić information content (AvgIpc) is 3.11. The fraction of sp³-hybridized carbons (Fsp3) is 0.529. The Morgan fingerprint density at radius 3 is 2.72 bits per heavy atom. The summed E-state index contributed by atoms with van der Waals surface area (Å²) in [6.07, 6.45) is -0.554. The van der Waals surface area contributed by atoms with Crippen LogP contribution >= 0.6 is 0 Å². The maximum absolute atomic E-state index is 10.0. The molecular formula is C17H23N3O5. The van der Waals surface area contributed by atoms with Crippen LogP contribution in [0.4, 0.5) is 0 Å². The molecule has 1 N–H and O–H groups in total. The minimum atomic E-state index is -0.554. The first-order valence-electron chi connectivity index (χ1n) is 8.27. The van der Waals surface area contributed by atoms with Crippen molar-refractivity contribution in [3.05, 3.63) is 30.2 Å². The Hall–Kier alpha value is -2.00. The predicted octanol–water partition coefficient (Wildman–Crippen LogP) is 0.955. The smallest absolute Gasteiger partial charge is 0.252 e. The molecule has 0 radical (unpaired) electrons. The van der Waals surface area contributed by atoms with Crippen molar-refractivity contribution in [3.8, 4) is 17.1 Å². The molecule has 1 atom stereocenters. The normalized spacial score (nSPS) is 16.7. The van der Waals surface area contributed by atoms with Crippen LogP contribution in [0.1, 0.15) is 5.89 Å². The van der Waals surface area contributed by atoms with Crippen LogP contribution in [-0.2, 0) is 16.1 Å². The summed E-state index contributed by atoms with van der Waals surface area (Å²) in [5, 5.41) is 14.0. The SMILES string of the molecule is COc1ccc(-c2noc(COCC(O)CN3CCOCC3)n2)cc1. The molecule has 1 saturated heterocycles. The second-order valence-corrected chi connectivity index (χ2v) is 5.82. The van der Waals surface area contributed by atoms with Gasteiger partial charge in [-0.2, -0.15) is 4.98 Å². The lowest BCUT2D eigenvalue weighted by molar-refractivity contribution is -0.0211. The van der Waals surface area contributed by atoms with Gasteiger partial charge in [0.15, 0.2) is 0 Å². The first-order valence-corrected chi connectivity index (χ1v) is 8.27. The topological polar surface area (TPSA) is 90.1 Å². The number of aromatic nitrogens is 2. The lowest BCUT2D eigenvalue weighted by atomic mass is 10.2. The van der Waals surface area contributed by atoms with E-state index in [-0.39, 0.29) is 13.2 Å². The Bertz CT molecular complexity index is 640. The van der Waals surface area contributed by atoms with Crippen LogP contribution in [0, 0.1) is 0 Å². The van der Waals surface area contributed by atoms with E-state index in [1.54, 1.807) is 7.11 Å². The molecule has 2 aromatic rings. The Morgan fingerprint density at radius 1 is 1.24 bits per heavy atom. The van der Waals surface area contributed by atoms with Gasteiger partial charge in [0.2, 0.25) is 5.82 Å². The third-order valence-corrected chi connectivity index (χ3v) is 3.92. The number of benzene rings is 1. The number of methoxy groups -OCH3 is 1. The Kier molecular flexibility index (Phi) is 6.35. The standard InChI is InChI=1S/C17H23N3O5/c1-22-15-4-2-13(3-5-15)17-18-16(25-19-17)12-24-11-14(21)10-20-6-8-23-9-7-20/h2-5,14,21H,6-12H2,1H3. The number of morpholine rings is 1. The van der Waals surface area contributed by atoms with E-state index >= 15 is 0 Å². The molecule has 1 aliphatic heterocycles. The number of nitrogens with zero attached hydrogens (tertiary/aromatic N) is 3. The maximum atomic E-state index is 10.0. The number of hydrogen-bond acceptors (Lipinski definition) is 8. The molecule has 0 amide bonds. The molecule has 3 rings (SSSR count). The zero-order valence-corrected chi connectivity index (χ0v) is 14.3. The quantitative estimate of drug-likeness (QED) is 0.753. The van der Waals surface area contributed by atoms with Crippen molar-refractivity contribution in [2.45, 2.75) is 12.7 Å². The molecule has 8 nitrogen and oxygen atoms in total. The van der Waals surface area contributed by atoms with Crippen LogP contribution in [0.5, 0.6) is 5.75 Å². The van der Waals surface area contributed by atoms with Gasteiger partial charge >= 0.3 is 0 Å². The van der Waals surface area contributed by atoms with Gasteiger partial charge in [0, 0.05) is 25.2 Å². The van der Waals surface area contributed by atoms with Gasteiger partial charge in [-0.25, -0.2) is 0 Å². The van der Waals surface area contributed by atoms with Gasteiger partial charge in [0.05, 0.1) is 33.0 Å². The molecule has 1 unspecified atom stereocenters. The van der Waals surface area contributed by atoms with E-state index in [1.165, 1.54) is 0 Å². The lowest BCUT2D eigenvalue weighted by Gasteiger charge is -2.28. The molecular weight excluding hydrogens is 326 g/mol. The minimum Gasteiger partial charge on any atom is -0.497 e. The van der Waals surface area contributed by atoms with E-state index in [1.807, 2.05) is 24.3 Å². The number of hydrogen-bond donors (Lipinski definition) is 1. The number of aliphatic hydroxyl groups excluding tert-OH is 1. The summed E-state index contributed by atoms with van der Waals surface area (Å²) < 4.78 is 21.1. The molecule has 0 spiro atoms. The van der Waals surface area contributed by atoms with Crippen molar-refractivity contribution < 1.29 is 23.8 Å². The highest BCUT2D eigenvalue weighted by Crippen LogP contribution is 2.19. The number of ether oxygens (including phenoxy) is 3. The predicted molar refractivity (Wildman–Crippen MR) is 89.2 cm³/mol. The zero-order valence-electron chi connectivity index (χ0n) is 14.3. The summed E-state index contributed by atoms with van der Waals surface area (Å²) >= 11 is 0. The van der Waals surface area contributed by atoms with Crippen LogP contribution < -0.4 is 4.74 Å². The van der Waals surface area contributed by atoms with Crippen LogP contribution in [0.2, 0.25) is 0 Å². The van der Waals surface area contributed by atoms with Crippen molar-refractivity contribution in [1.29, 1.82) is 0 Å². The summed E-state index contributed by atoms with van der Waals surface area (Å²) in [5.41, 5.74) is 0.836. The average molecular weight is 349 g/mol. The van der Waals surface area contributed by atoms with E-state index in [0.717, 1.165) is 24.4 Å². The van der Waals surface area contributed by atoms with Gasteiger partial charge in [-0.05, 0) is 24.3 Å². The highest BCUT2D eigenvalue weighted by Gasteiger charge is 2.15. The lowest BCUT2D eigenvalue weighted by Crippen LogP contribution is -2.42. The van der Waals surface area contributed by atoms with Crippen molar-refractivity contribution in [3.63, 3.8) is 0 Å². The molecule has 0 aliphatic carbocycles. The van der Waals surface area contributed by atoms with Crippen molar-refractivity contribution >= 4 is 0 Å². The molecule has 1 aromatic carbocycles. The van der Waals surface area contributed by atoms with Gasteiger partial charge in [-0.1, -0.05) is 5.16 Å². The summed E-state index contributed by atoms with van der Waals surface area (Å²) in [5.74, 6) is 1.64. The van der Waals surface area contributed by atoms with Gasteiger partial charge in [-0.15, -0.1) is 0 Å². The Morgan fingerprint density at radius 2 is 2.00 bits per heavy atom. The van der Waals surface area contributed by atoms with E-state index in [9.17, 15) is 5.11 Å². The highest BCUT2D eigenvalue weighted by molar-refractivity contribution is 5.55. The number of rotatable bonds is 8. The molecule has 1 aromatic heterocycles. The molecule has 0 bridgehead atoms. The monoisotopic (exact) mass is 349 g/mol. The third kappa shape index (κ3) is 5.23. The largest absolute Gasteiger partial charge is 0.497 e. The Labute approximate surface area is 146 Å². The van der Waals surface area contributed by atoms with Gasteiger partial charge in [0.1, 0.15) is 12.4 Å². The van der Waals surface area contributed by atoms with Crippen molar-refractivity contribution in [2.24, 2.45) is 0 Å². The van der Waals surface area contributed by atoms with Crippen molar-refractivity contribution in [1.82, 2.24) is 15.0 Å². The second kappa shape index (κ2) is 8.91. The molecule has 25 heavy (non-hydrogen) atoms. The summed E-state index contributed by atoms with van der Waals surface area (Å²) in [6, 6.07) is 7.40. The van der Waals surface area contributed by atoms with Gasteiger partial charge < -0.3 is 23.8 Å². The Balaban J connectivity index is 1.43. The van der Waals surface area contributed by atoms with E-state index in [4.69, 9.17) is 18.7 Å². The third-order valence-electron chi connectivity index (χ3n) is 3.92. The zero-order chi connectivity index (χ0) is 17.5. The van der Waals surface area contributed by atoms with Crippen LogP contribution in [0.25, 0.3) is 11.4 Å². The minimum absolute atomic E-state index is 0.170. The fourth-order valence-corrected chi connectivity index (χ4v) is 2.59. The number of β-amino-alcohol motifs (C(OH)–C–C–N with tert-alkyl or cyclic N) is 1. The molecule has 0 saturated carbocycles.